The molecule has 0 aromatic heterocycles. The SMILES string of the molecule is CCCCCCCCCCCCCCCCCCC1CN=C(C(CCCO)CCCCCCCCCCCCCC)N1. The average molecular weight is 591 g/mol. The van der Waals surface area contributed by atoms with Crippen molar-refractivity contribution in [1.82, 2.24) is 5.32 Å². The summed E-state index contributed by atoms with van der Waals surface area (Å²) in [5, 5.41) is 13.2. The fourth-order valence-electron chi connectivity index (χ4n) is 6.85. The molecule has 0 spiro atoms. The molecular weight excluding hydrogens is 512 g/mol. The first-order valence-corrected chi connectivity index (χ1v) is 19.7. The molecule has 1 rings (SSSR count). The molecule has 2 unspecified atom stereocenters. The Bertz CT molecular complexity index is 563. The highest BCUT2D eigenvalue weighted by molar-refractivity contribution is 5.86. The summed E-state index contributed by atoms with van der Waals surface area (Å²) in [4.78, 5) is 4.96. The highest BCUT2D eigenvalue weighted by Gasteiger charge is 2.23. The van der Waals surface area contributed by atoms with Crippen molar-refractivity contribution in [1.29, 1.82) is 0 Å². The maximum absolute atomic E-state index is 9.43. The third kappa shape index (κ3) is 24.8. The zero-order chi connectivity index (χ0) is 30.2. The smallest absolute Gasteiger partial charge is 0.0998 e. The van der Waals surface area contributed by atoms with Gasteiger partial charge in [0.1, 0.15) is 0 Å². The van der Waals surface area contributed by atoms with Gasteiger partial charge in [-0.25, -0.2) is 0 Å². The van der Waals surface area contributed by atoms with Gasteiger partial charge in [-0.1, -0.05) is 194 Å². The number of aliphatic imine (C=N–C) groups is 1. The van der Waals surface area contributed by atoms with Crippen molar-refractivity contribution < 1.29 is 5.11 Å². The van der Waals surface area contributed by atoms with Crippen molar-refractivity contribution in [2.45, 2.75) is 225 Å². The molecule has 0 aliphatic carbocycles. The predicted molar refractivity (Wildman–Crippen MR) is 189 cm³/mol. The average Bonchev–Trinajstić information content (AvgIpc) is 3.47. The molecule has 250 valence electrons. The molecule has 1 heterocycles. The summed E-state index contributed by atoms with van der Waals surface area (Å²) in [6, 6.07) is 0.560. The Morgan fingerprint density at radius 1 is 0.524 bits per heavy atom. The maximum atomic E-state index is 9.43. The maximum Gasteiger partial charge on any atom is 0.0998 e. The molecule has 3 nitrogen and oxygen atoms in total. The van der Waals surface area contributed by atoms with Crippen molar-refractivity contribution in [3.8, 4) is 0 Å². The summed E-state index contributed by atoms with van der Waals surface area (Å²) in [5.41, 5.74) is 0. The Kier molecular flexibility index (Phi) is 29.9. The van der Waals surface area contributed by atoms with Crippen LogP contribution in [0.4, 0.5) is 0 Å². The molecule has 0 amide bonds. The van der Waals surface area contributed by atoms with Crippen LogP contribution < -0.4 is 5.32 Å². The molecule has 1 aliphatic rings. The van der Waals surface area contributed by atoms with Gasteiger partial charge in [0, 0.05) is 18.6 Å². The molecule has 0 fully saturated rings. The minimum atomic E-state index is 0.310. The second-order valence-corrected chi connectivity index (χ2v) is 13.9. The lowest BCUT2D eigenvalue weighted by Crippen LogP contribution is -2.34. The van der Waals surface area contributed by atoms with Crippen molar-refractivity contribution in [3.63, 3.8) is 0 Å². The summed E-state index contributed by atoms with van der Waals surface area (Å²) in [6.45, 7) is 5.88. The molecule has 3 heteroatoms. The number of aliphatic hydroxyl groups is 1. The number of nitrogens with zero attached hydrogens (tertiary/aromatic N) is 1. The molecule has 2 N–H and O–H groups in total. The Morgan fingerprint density at radius 3 is 1.29 bits per heavy atom. The van der Waals surface area contributed by atoms with E-state index in [0.717, 1.165) is 19.4 Å². The fourth-order valence-corrected chi connectivity index (χ4v) is 6.85. The molecule has 2 atom stereocenters. The molecule has 0 aromatic carbocycles. The van der Waals surface area contributed by atoms with Gasteiger partial charge < -0.3 is 10.4 Å². The number of unbranched alkanes of at least 4 members (excludes halogenated alkanes) is 26. The van der Waals surface area contributed by atoms with Crippen LogP contribution in [0, 0.1) is 5.92 Å². The topological polar surface area (TPSA) is 44.6 Å². The van der Waals surface area contributed by atoms with E-state index in [-0.39, 0.29) is 0 Å². The monoisotopic (exact) mass is 591 g/mol. The Labute approximate surface area is 265 Å². The first-order valence-electron chi connectivity index (χ1n) is 19.7. The van der Waals surface area contributed by atoms with Gasteiger partial charge in [0.15, 0.2) is 0 Å². The predicted octanol–water partition coefficient (Wildman–Crippen LogP) is 12.5. The van der Waals surface area contributed by atoms with Gasteiger partial charge in [-0.05, 0) is 25.7 Å². The van der Waals surface area contributed by atoms with E-state index in [1.165, 1.54) is 198 Å². The van der Waals surface area contributed by atoms with Gasteiger partial charge in [-0.15, -0.1) is 0 Å². The molecule has 0 saturated heterocycles. The zero-order valence-corrected chi connectivity index (χ0v) is 29.1. The van der Waals surface area contributed by atoms with Gasteiger partial charge in [0.05, 0.1) is 12.4 Å². The first-order chi connectivity index (χ1) is 20.8. The van der Waals surface area contributed by atoms with E-state index in [0.29, 0.717) is 18.6 Å². The molecule has 0 bridgehead atoms. The summed E-state index contributed by atoms with van der Waals surface area (Å²) < 4.78 is 0. The normalized spacial score (nSPS) is 15.7. The van der Waals surface area contributed by atoms with Crippen LogP contribution in [0.3, 0.4) is 0 Å². The number of rotatable bonds is 34. The lowest BCUT2D eigenvalue weighted by Gasteiger charge is -2.19. The van der Waals surface area contributed by atoms with Crippen LogP contribution in [0.15, 0.2) is 4.99 Å². The minimum Gasteiger partial charge on any atom is -0.396 e. The van der Waals surface area contributed by atoms with Crippen LogP contribution >= 0.6 is 0 Å². The van der Waals surface area contributed by atoms with E-state index in [1.54, 1.807) is 0 Å². The van der Waals surface area contributed by atoms with Crippen molar-refractivity contribution in [2.75, 3.05) is 13.2 Å². The highest BCUT2D eigenvalue weighted by atomic mass is 16.2. The molecule has 0 aromatic rings. The molecule has 42 heavy (non-hydrogen) atoms. The Balaban J connectivity index is 1.97. The number of hydrogen-bond acceptors (Lipinski definition) is 3. The van der Waals surface area contributed by atoms with E-state index in [2.05, 4.69) is 19.2 Å². The van der Waals surface area contributed by atoms with Crippen LogP contribution in [0.2, 0.25) is 0 Å². The zero-order valence-electron chi connectivity index (χ0n) is 29.1. The van der Waals surface area contributed by atoms with E-state index in [1.807, 2.05) is 0 Å². The third-order valence-electron chi connectivity index (χ3n) is 9.74. The van der Waals surface area contributed by atoms with Crippen molar-refractivity contribution in [2.24, 2.45) is 10.9 Å². The highest BCUT2D eigenvalue weighted by Crippen LogP contribution is 2.22. The fraction of sp³-hybridized carbons (Fsp3) is 0.974. The Hall–Kier alpha value is -0.570. The summed E-state index contributed by atoms with van der Waals surface area (Å²) in [7, 11) is 0. The summed E-state index contributed by atoms with van der Waals surface area (Å²) in [6.07, 6.45) is 44.4. The van der Waals surface area contributed by atoms with Crippen LogP contribution in [0.1, 0.15) is 219 Å². The summed E-state index contributed by atoms with van der Waals surface area (Å²) >= 11 is 0. The second-order valence-electron chi connectivity index (χ2n) is 13.9. The first kappa shape index (κ1) is 39.5. The third-order valence-corrected chi connectivity index (χ3v) is 9.74. The largest absolute Gasteiger partial charge is 0.396 e. The van der Waals surface area contributed by atoms with E-state index < -0.39 is 0 Å². The number of nitrogens with one attached hydrogen (secondary N) is 1. The lowest BCUT2D eigenvalue weighted by molar-refractivity contribution is 0.276. The molecule has 0 radical (unpaired) electrons. The molecule has 1 aliphatic heterocycles. The number of hydrogen-bond donors (Lipinski definition) is 2. The molecule has 0 saturated carbocycles. The number of amidine groups is 1. The van der Waals surface area contributed by atoms with Crippen LogP contribution in [0.25, 0.3) is 0 Å². The minimum absolute atomic E-state index is 0.310. The Morgan fingerprint density at radius 2 is 0.881 bits per heavy atom. The summed E-state index contributed by atoms with van der Waals surface area (Å²) in [5.74, 6) is 1.81. The lowest BCUT2D eigenvalue weighted by atomic mass is 9.94. The van der Waals surface area contributed by atoms with E-state index in [9.17, 15) is 5.11 Å². The van der Waals surface area contributed by atoms with Gasteiger partial charge in [-0.3, -0.25) is 4.99 Å². The quantitative estimate of drug-likeness (QED) is 0.0732. The van der Waals surface area contributed by atoms with Gasteiger partial charge in [0.2, 0.25) is 0 Å². The van der Waals surface area contributed by atoms with Crippen LogP contribution in [-0.4, -0.2) is 30.1 Å². The van der Waals surface area contributed by atoms with Gasteiger partial charge in [0.25, 0.3) is 0 Å². The van der Waals surface area contributed by atoms with Crippen molar-refractivity contribution >= 4 is 5.84 Å². The standard InChI is InChI=1S/C39H78N2O/c1-3-5-7-9-11-13-15-17-18-19-20-22-24-26-28-30-34-38-36-40-39(41-38)37(33-31-35-42)32-29-27-25-23-21-16-14-12-10-8-6-4-2/h37-38,42H,3-36H2,1-2H3,(H,40,41). The van der Waals surface area contributed by atoms with Gasteiger partial charge in [-0.2, -0.15) is 0 Å². The van der Waals surface area contributed by atoms with E-state index in [4.69, 9.17) is 4.99 Å². The van der Waals surface area contributed by atoms with Gasteiger partial charge >= 0.3 is 0 Å². The molecular formula is C39H78N2O. The second kappa shape index (κ2) is 31.8. The van der Waals surface area contributed by atoms with Crippen molar-refractivity contribution in [3.05, 3.63) is 0 Å². The van der Waals surface area contributed by atoms with Crippen LogP contribution in [0.5, 0.6) is 0 Å². The van der Waals surface area contributed by atoms with E-state index >= 15 is 0 Å². The van der Waals surface area contributed by atoms with Crippen LogP contribution in [-0.2, 0) is 0 Å². The number of aliphatic hydroxyl groups excluding tert-OH is 1.